The first-order chi connectivity index (χ1) is 10.6. The molecule has 0 radical (unpaired) electrons. The fourth-order valence-corrected chi connectivity index (χ4v) is 3.93. The van der Waals surface area contributed by atoms with Crippen molar-refractivity contribution in [3.8, 4) is 0 Å². The molecule has 1 aliphatic heterocycles. The maximum atomic E-state index is 2.42. The number of aryl methyl sites for hydroxylation is 1. The summed E-state index contributed by atoms with van der Waals surface area (Å²) in [6.07, 6.45) is 3.50. The molecule has 0 fully saturated rings. The first-order valence-corrected chi connectivity index (χ1v) is 8.80. The molecular formula is C20H23NS. The molecule has 3 rings (SSSR count). The van der Waals surface area contributed by atoms with Gasteiger partial charge in [0.25, 0.3) is 0 Å². The molecule has 1 nitrogen and oxygen atoms in total. The van der Waals surface area contributed by atoms with Gasteiger partial charge >= 0.3 is 0 Å². The highest BCUT2D eigenvalue weighted by Gasteiger charge is 2.18. The van der Waals surface area contributed by atoms with Gasteiger partial charge in [-0.1, -0.05) is 48.0 Å². The van der Waals surface area contributed by atoms with Gasteiger partial charge in [0.1, 0.15) is 0 Å². The lowest BCUT2D eigenvalue weighted by molar-refractivity contribution is 0.417. The molecule has 1 heterocycles. The van der Waals surface area contributed by atoms with E-state index >= 15 is 0 Å². The van der Waals surface area contributed by atoms with Crippen LogP contribution < -0.4 is 0 Å². The average molecular weight is 309 g/mol. The molecule has 0 atom stereocenters. The van der Waals surface area contributed by atoms with E-state index in [-0.39, 0.29) is 0 Å². The number of thioether (sulfide) groups is 1. The van der Waals surface area contributed by atoms with Gasteiger partial charge in [0, 0.05) is 17.2 Å². The lowest BCUT2D eigenvalue weighted by atomic mass is 9.93. The Kier molecular flexibility index (Phi) is 4.70. The van der Waals surface area contributed by atoms with Crippen LogP contribution in [0.1, 0.15) is 28.7 Å². The molecule has 0 N–H and O–H groups in total. The Morgan fingerprint density at radius 1 is 1.09 bits per heavy atom. The summed E-state index contributed by atoms with van der Waals surface area (Å²) in [7, 11) is 4.26. The van der Waals surface area contributed by atoms with Crippen molar-refractivity contribution in [2.24, 2.45) is 0 Å². The maximum Gasteiger partial charge on any atom is 0.0238 e. The van der Waals surface area contributed by atoms with Crippen molar-refractivity contribution in [2.75, 3.05) is 20.6 Å². The third kappa shape index (κ3) is 3.29. The summed E-state index contributed by atoms with van der Waals surface area (Å²) in [6, 6.07) is 15.7. The smallest absolute Gasteiger partial charge is 0.0238 e. The SMILES string of the molecule is Cc1ccc2c(c1)/C(=C\CCN(C)C)c1ccccc1CS2. The van der Waals surface area contributed by atoms with E-state index in [1.807, 2.05) is 11.8 Å². The first kappa shape index (κ1) is 15.4. The molecule has 2 heteroatoms. The molecule has 22 heavy (non-hydrogen) atoms. The standard InChI is InChI=1S/C20H23NS/c1-15-10-11-20-19(13-15)18(9-6-12-21(2)3)17-8-5-4-7-16(17)14-22-20/h4-5,7-11,13H,6,12,14H2,1-3H3/b18-9-. The Morgan fingerprint density at radius 3 is 2.73 bits per heavy atom. The number of nitrogens with zero attached hydrogens (tertiary/aromatic N) is 1. The van der Waals surface area contributed by atoms with Crippen LogP contribution in [-0.4, -0.2) is 25.5 Å². The topological polar surface area (TPSA) is 3.24 Å². The van der Waals surface area contributed by atoms with Crippen molar-refractivity contribution in [2.45, 2.75) is 24.0 Å². The van der Waals surface area contributed by atoms with Crippen molar-refractivity contribution in [3.63, 3.8) is 0 Å². The lowest BCUT2D eigenvalue weighted by Gasteiger charge is -2.13. The summed E-state index contributed by atoms with van der Waals surface area (Å²) in [5.41, 5.74) is 6.97. The van der Waals surface area contributed by atoms with Gasteiger partial charge in [-0.2, -0.15) is 0 Å². The molecule has 0 aliphatic carbocycles. The van der Waals surface area contributed by atoms with E-state index in [1.54, 1.807) is 0 Å². The van der Waals surface area contributed by atoms with Gasteiger partial charge in [-0.15, -0.1) is 11.8 Å². The zero-order valence-electron chi connectivity index (χ0n) is 13.6. The van der Waals surface area contributed by atoms with E-state index < -0.39 is 0 Å². The summed E-state index contributed by atoms with van der Waals surface area (Å²) < 4.78 is 0. The second-order valence-corrected chi connectivity index (χ2v) is 7.17. The van der Waals surface area contributed by atoms with Crippen LogP contribution in [0.2, 0.25) is 0 Å². The van der Waals surface area contributed by atoms with Crippen molar-refractivity contribution in [3.05, 3.63) is 70.8 Å². The predicted molar refractivity (Wildman–Crippen MR) is 97.4 cm³/mol. The summed E-state index contributed by atoms with van der Waals surface area (Å²) >= 11 is 1.95. The van der Waals surface area contributed by atoms with Gasteiger partial charge in [-0.05, 0) is 55.8 Å². The summed E-state index contributed by atoms with van der Waals surface area (Å²) in [6.45, 7) is 3.26. The minimum atomic E-state index is 1.05. The molecule has 0 saturated heterocycles. The molecule has 2 aromatic rings. The summed E-state index contributed by atoms with van der Waals surface area (Å²) in [5, 5.41) is 0. The predicted octanol–water partition coefficient (Wildman–Crippen LogP) is 4.98. The fourth-order valence-electron chi connectivity index (χ4n) is 2.88. The lowest BCUT2D eigenvalue weighted by Crippen LogP contribution is -2.12. The Bertz CT molecular complexity index is 701. The quantitative estimate of drug-likeness (QED) is 0.786. The van der Waals surface area contributed by atoms with Crippen LogP contribution in [0.25, 0.3) is 5.57 Å². The molecule has 0 unspecified atom stereocenters. The molecule has 0 aromatic heterocycles. The first-order valence-electron chi connectivity index (χ1n) is 7.82. The molecule has 0 spiro atoms. The number of benzene rings is 2. The monoisotopic (exact) mass is 309 g/mol. The van der Waals surface area contributed by atoms with Gasteiger partial charge < -0.3 is 4.90 Å². The van der Waals surface area contributed by atoms with E-state index in [0.29, 0.717) is 0 Å². The molecule has 0 bridgehead atoms. The van der Waals surface area contributed by atoms with E-state index in [9.17, 15) is 0 Å². The highest BCUT2D eigenvalue weighted by molar-refractivity contribution is 7.98. The fraction of sp³-hybridized carbons (Fsp3) is 0.300. The second-order valence-electron chi connectivity index (χ2n) is 6.16. The molecule has 2 aromatic carbocycles. The number of hydrogen-bond donors (Lipinski definition) is 0. The molecule has 1 aliphatic rings. The Hall–Kier alpha value is -1.51. The molecule has 114 valence electrons. The van der Waals surface area contributed by atoms with Gasteiger partial charge in [-0.25, -0.2) is 0 Å². The van der Waals surface area contributed by atoms with Crippen LogP contribution in [0.5, 0.6) is 0 Å². The van der Waals surface area contributed by atoms with Crippen molar-refractivity contribution >= 4 is 17.3 Å². The second kappa shape index (κ2) is 6.72. The Balaban J connectivity index is 2.10. The Morgan fingerprint density at radius 2 is 1.91 bits per heavy atom. The number of hydrogen-bond acceptors (Lipinski definition) is 2. The average Bonchev–Trinajstić information content (AvgIpc) is 2.65. The zero-order chi connectivity index (χ0) is 15.5. The van der Waals surface area contributed by atoms with Gasteiger partial charge in [0.2, 0.25) is 0 Å². The molecule has 0 saturated carbocycles. The highest BCUT2D eigenvalue weighted by atomic mass is 32.2. The van der Waals surface area contributed by atoms with Crippen LogP contribution in [0.15, 0.2) is 53.4 Å². The van der Waals surface area contributed by atoms with Crippen molar-refractivity contribution in [1.82, 2.24) is 4.90 Å². The zero-order valence-corrected chi connectivity index (χ0v) is 14.4. The number of fused-ring (bicyclic) bond motifs is 2. The summed E-state index contributed by atoms with van der Waals surface area (Å²) in [5.74, 6) is 1.05. The van der Waals surface area contributed by atoms with Crippen LogP contribution in [0.4, 0.5) is 0 Å². The molecular weight excluding hydrogens is 286 g/mol. The number of rotatable bonds is 3. The Labute approximate surface area is 138 Å². The van der Waals surface area contributed by atoms with Crippen molar-refractivity contribution < 1.29 is 0 Å². The van der Waals surface area contributed by atoms with E-state index in [2.05, 4.69) is 74.5 Å². The van der Waals surface area contributed by atoms with Gasteiger partial charge in [0.05, 0.1) is 0 Å². The van der Waals surface area contributed by atoms with Crippen LogP contribution in [-0.2, 0) is 5.75 Å². The van der Waals surface area contributed by atoms with E-state index in [4.69, 9.17) is 0 Å². The van der Waals surface area contributed by atoms with Crippen LogP contribution in [0, 0.1) is 6.92 Å². The van der Waals surface area contributed by atoms with Crippen LogP contribution in [0.3, 0.4) is 0 Å². The van der Waals surface area contributed by atoms with Crippen molar-refractivity contribution in [1.29, 1.82) is 0 Å². The van der Waals surface area contributed by atoms with Gasteiger partial charge in [-0.3, -0.25) is 0 Å². The van der Waals surface area contributed by atoms with Gasteiger partial charge in [0.15, 0.2) is 0 Å². The minimum absolute atomic E-state index is 1.05. The largest absolute Gasteiger partial charge is 0.309 e. The van der Waals surface area contributed by atoms with E-state index in [0.717, 1.165) is 18.7 Å². The normalized spacial score (nSPS) is 15.5. The van der Waals surface area contributed by atoms with E-state index in [1.165, 1.54) is 32.7 Å². The summed E-state index contributed by atoms with van der Waals surface area (Å²) in [4.78, 5) is 3.64. The van der Waals surface area contributed by atoms with Crippen LogP contribution >= 0.6 is 11.8 Å². The third-order valence-electron chi connectivity index (χ3n) is 4.04. The minimum Gasteiger partial charge on any atom is -0.309 e. The third-order valence-corrected chi connectivity index (χ3v) is 5.16. The highest BCUT2D eigenvalue weighted by Crippen LogP contribution is 2.40. The molecule has 0 amide bonds. The maximum absolute atomic E-state index is 2.42.